The van der Waals surface area contributed by atoms with E-state index in [1.807, 2.05) is 21.0 Å². The largest absolute Gasteiger partial charge is 0.478 e. The van der Waals surface area contributed by atoms with Gasteiger partial charge in [-0.1, -0.05) is 0 Å². The molecule has 1 atom stereocenters. The number of hydrogen-bond donors (Lipinski definition) is 3. The van der Waals surface area contributed by atoms with E-state index in [1.54, 1.807) is 0 Å². The lowest BCUT2D eigenvalue weighted by Crippen LogP contribution is -2.23. The predicted molar refractivity (Wildman–Crippen MR) is 71.9 cm³/mol. The molecule has 1 unspecified atom stereocenters. The maximum absolute atomic E-state index is 10.9. The molecule has 18 heavy (non-hydrogen) atoms. The van der Waals surface area contributed by atoms with Gasteiger partial charge in [0.1, 0.15) is 5.82 Å². The quantitative estimate of drug-likeness (QED) is 0.702. The van der Waals surface area contributed by atoms with Gasteiger partial charge in [0.15, 0.2) is 0 Å². The van der Waals surface area contributed by atoms with E-state index < -0.39 is 5.97 Å². The number of carbonyl (C=O) groups is 1. The summed E-state index contributed by atoms with van der Waals surface area (Å²) in [4.78, 5) is 17.1. The van der Waals surface area contributed by atoms with Crippen molar-refractivity contribution < 1.29 is 9.90 Å². The highest BCUT2D eigenvalue weighted by atomic mass is 16.4. The third kappa shape index (κ3) is 4.21. The summed E-state index contributed by atoms with van der Waals surface area (Å²) in [6.07, 6.45) is 2.31. The third-order valence-corrected chi connectivity index (χ3v) is 2.57. The Labute approximate surface area is 107 Å². The molecule has 0 fully saturated rings. The van der Waals surface area contributed by atoms with Crippen LogP contribution in [0.1, 0.15) is 23.7 Å². The zero-order chi connectivity index (χ0) is 13.7. The minimum atomic E-state index is -1.04. The Morgan fingerprint density at radius 1 is 1.61 bits per heavy atom. The van der Waals surface area contributed by atoms with E-state index >= 15 is 0 Å². The fourth-order valence-electron chi connectivity index (χ4n) is 1.51. The van der Waals surface area contributed by atoms with Gasteiger partial charge in [-0.3, -0.25) is 0 Å². The number of nitrogen functional groups attached to an aromatic ring is 1. The van der Waals surface area contributed by atoms with E-state index in [-0.39, 0.29) is 17.3 Å². The smallest absolute Gasteiger partial charge is 0.337 e. The first-order chi connectivity index (χ1) is 8.40. The van der Waals surface area contributed by atoms with E-state index in [9.17, 15) is 4.79 Å². The van der Waals surface area contributed by atoms with Gasteiger partial charge in [0.05, 0.1) is 17.4 Å². The van der Waals surface area contributed by atoms with Gasteiger partial charge in [0.2, 0.25) is 0 Å². The second kappa shape index (κ2) is 6.20. The fraction of sp³-hybridized carbons (Fsp3) is 0.500. The molecule has 4 N–H and O–H groups in total. The number of anilines is 2. The first kappa shape index (κ1) is 14.2. The topological polar surface area (TPSA) is 91.5 Å². The van der Waals surface area contributed by atoms with Gasteiger partial charge >= 0.3 is 5.97 Å². The molecule has 0 aliphatic carbocycles. The number of nitrogens with two attached hydrogens (primary N) is 1. The highest BCUT2D eigenvalue weighted by Crippen LogP contribution is 2.15. The van der Waals surface area contributed by atoms with E-state index in [4.69, 9.17) is 10.8 Å². The molecule has 1 rings (SSSR count). The summed E-state index contributed by atoms with van der Waals surface area (Å²) >= 11 is 0. The van der Waals surface area contributed by atoms with Gasteiger partial charge in [-0.05, 0) is 40.1 Å². The normalized spacial score (nSPS) is 12.4. The average molecular weight is 252 g/mol. The maximum atomic E-state index is 10.9. The minimum absolute atomic E-state index is 0.0762. The lowest BCUT2D eigenvalue weighted by atomic mass is 10.2. The summed E-state index contributed by atoms with van der Waals surface area (Å²) in [6.45, 7) is 2.98. The second-order valence-corrected chi connectivity index (χ2v) is 4.60. The number of carboxylic acid groups (broad SMARTS) is 1. The number of pyridine rings is 1. The monoisotopic (exact) mass is 252 g/mol. The molecule has 6 heteroatoms. The molecule has 1 aromatic heterocycles. The highest BCUT2D eigenvalue weighted by Gasteiger charge is 2.11. The van der Waals surface area contributed by atoms with Gasteiger partial charge in [-0.2, -0.15) is 0 Å². The number of hydrogen-bond acceptors (Lipinski definition) is 5. The summed E-state index contributed by atoms with van der Waals surface area (Å²) in [5.41, 5.74) is 5.79. The number of nitrogens with zero attached hydrogens (tertiary/aromatic N) is 2. The van der Waals surface area contributed by atoms with Crippen molar-refractivity contribution in [3.8, 4) is 0 Å². The van der Waals surface area contributed by atoms with Gasteiger partial charge < -0.3 is 21.1 Å². The Hall–Kier alpha value is -1.82. The Balaban J connectivity index is 2.67. The molecule has 0 aliphatic rings. The molecule has 100 valence electrons. The van der Waals surface area contributed by atoms with Crippen molar-refractivity contribution in [2.75, 3.05) is 31.7 Å². The molecule has 0 aromatic carbocycles. The van der Waals surface area contributed by atoms with Crippen LogP contribution < -0.4 is 11.1 Å². The van der Waals surface area contributed by atoms with Crippen LogP contribution in [0.5, 0.6) is 0 Å². The third-order valence-electron chi connectivity index (χ3n) is 2.57. The molecule has 0 aliphatic heterocycles. The minimum Gasteiger partial charge on any atom is -0.478 e. The van der Waals surface area contributed by atoms with Gasteiger partial charge in [0, 0.05) is 6.04 Å². The van der Waals surface area contributed by atoms with Crippen LogP contribution in [-0.4, -0.2) is 47.6 Å². The lowest BCUT2D eigenvalue weighted by Gasteiger charge is -2.17. The number of nitrogens with one attached hydrogen (secondary N) is 1. The zero-order valence-corrected chi connectivity index (χ0v) is 11.0. The first-order valence-electron chi connectivity index (χ1n) is 5.80. The van der Waals surface area contributed by atoms with Crippen LogP contribution in [0, 0.1) is 0 Å². The van der Waals surface area contributed by atoms with Crippen LogP contribution in [0.15, 0.2) is 12.3 Å². The van der Waals surface area contributed by atoms with Crippen molar-refractivity contribution in [2.24, 2.45) is 0 Å². The van der Waals surface area contributed by atoms with Crippen LogP contribution in [-0.2, 0) is 0 Å². The molecule has 1 heterocycles. The summed E-state index contributed by atoms with van der Waals surface area (Å²) < 4.78 is 0. The number of carboxylic acids is 1. The molecule has 0 radical (unpaired) electrons. The molecule has 1 aromatic rings. The zero-order valence-electron chi connectivity index (χ0n) is 11.0. The van der Waals surface area contributed by atoms with E-state index in [2.05, 4.69) is 15.2 Å². The number of aromatic nitrogens is 1. The molecule has 0 saturated heterocycles. The van der Waals surface area contributed by atoms with Crippen molar-refractivity contribution >= 4 is 17.5 Å². The first-order valence-corrected chi connectivity index (χ1v) is 5.80. The predicted octanol–water partition coefficient (Wildman–Crippen LogP) is 1.11. The lowest BCUT2D eigenvalue weighted by molar-refractivity contribution is 0.0698. The molecular formula is C12H20N4O2. The Morgan fingerprint density at radius 2 is 2.28 bits per heavy atom. The Bertz CT molecular complexity index is 421. The Kier molecular flexibility index (Phi) is 4.91. The standard InChI is InChI=1S/C12H20N4O2/c1-8(4-5-16(2)3)15-11-6-9(12(17)18)10(13)7-14-11/h6-8H,4-5,13H2,1-3H3,(H,14,15)(H,17,18). The van der Waals surface area contributed by atoms with Gasteiger partial charge in [-0.15, -0.1) is 0 Å². The van der Waals surface area contributed by atoms with Gasteiger partial charge in [-0.25, -0.2) is 9.78 Å². The summed E-state index contributed by atoms with van der Waals surface area (Å²) in [5.74, 6) is -0.508. The molecule has 0 amide bonds. The van der Waals surface area contributed by atoms with Crippen LogP contribution in [0.4, 0.5) is 11.5 Å². The van der Waals surface area contributed by atoms with Crippen molar-refractivity contribution in [1.29, 1.82) is 0 Å². The second-order valence-electron chi connectivity index (χ2n) is 4.60. The molecule has 0 bridgehead atoms. The summed E-state index contributed by atoms with van der Waals surface area (Å²) in [7, 11) is 4.02. The number of aromatic carboxylic acids is 1. The van der Waals surface area contributed by atoms with Crippen LogP contribution in [0.2, 0.25) is 0 Å². The highest BCUT2D eigenvalue weighted by molar-refractivity contribution is 5.94. The van der Waals surface area contributed by atoms with E-state index in [1.165, 1.54) is 12.3 Å². The summed E-state index contributed by atoms with van der Waals surface area (Å²) in [5, 5.41) is 12.1. The Morgan fingerprint density at radius 3 is 2.83 bits per heavy atom. The fourth-order valence-corrected chi connectivity index (χ4v) is 1.51. The van der Waals surface area contributed by atoms with Gasteiger partial charge in [0.25, 0.3) is 0 Å². The molecular weight excluding hydrogens is 232 g/mol. The molecule has 0 spiro atoms. The van der Waals surface area contributed by atoms with Crippen LogP contribution in [0.25, 0.3) is 0 Å². The average Bonchev–Trinajstić information content (AvgIpc) is 2.28. The summed E-state index contributed by atoms with van der Waals surface area (Å²) in [6, 6.07) is 1.68. The maximum Gasteiger partial charge on any atom is 0.337 e. The van der Waals surface area contributed by atoms with E-state index in [0.29, 0.717) is 5.82 Å². The molecule has 6 nitrogen and oxygen atoms in total. The van der Waals surface area contributed by atoms with Crippen molar-refractivity contribution in [2.45, 2.75) is 19.4 Å². The molecule has 0 saturated carbocycles. The van der Waals surface area contributed by atoms with E-state index in [0.717, 1.165) is 13.0 Å². The van der Waals surface area contributed by atoms with Crippen molar-refractivity contribution in [1.82, 2.24) is 9.88 Å². The van der Waals surface area contributed by atoms with Crippen LogP contribution in [0.3, 0.4) is 0 Å². The number of rotatable bonds is 6. The SMILES string of the molecule is CC(CCN(C)C)Nc1cc(C(=O)O)c(N)cn1. The van der Waals surface area contributed by atoms with Crippen molar-refractivity contribution in [3.63, 3.8) is 0 Å². The van der Waals surface area contributed by atoms with Crippen molar-refractivity contribution in [3.05, 3.63) is 17.8 Å². The van der Waals surface area contributed by atoms with Crippen LogP contribution >= 0.6 is 0 Å².